The number of hydrogen-bond acceptors (Lipinski definition) is 3. The number of rotatable bonds is 6. The lowest BCUT2D eigenvalue weighted by molar-refractivity contribution is 0.0679. The van der Waals surface area contributed by atoms with Gasteiger partial charge >= 0.3 is 0 Å². The lowest BCUT2D eigenvalue weighted by atomic mass is 10.1. The van der Waals surface area contributed by atoms with Crippen molar-refractivity contribution in [3.8, 4) is 0 Å². The molecule has 1 unspecified atom stereocenters. The standard InChI is InChI=1S/C23H26ClN3O2/c1-5-13-27(22(28)17-9-7-15(3)8-10-17)16(4)21-25-20-12-11-18(24)14-19(20)23(29)26(21)6-2/h7-12,14,16H,5-6,13H2,1-4H3. The molecule has 0 radical (unpaired) electrons. The summed E-state index contributed by atoms with van der Waals surface area (Å²) in [6.07, 6.45) is 0.807. The van der Waals surface area contributed by atoms with Gasteiger partial charge in [-0.3, -0.25) is 14.2 Å². The number of fused-ring (bicyclic) bond motifs is 1. The Kier molecular flexibility index (Phi) is 6.38. The Labute approximate surface area is 175 Å². The van der Waals surface area contributed by atoms with Gasteiger partial charge in [-0.2, -0.15) is 0 Å². The number of aromatic nitrogens is 2. The topological polar surface area (TPSA) is 55.2 Å². The molecule has 5 nitrogen and oxygen atoms in total. The minimum absolute atomic E-state index is 0.0625. The first-order chi connectivity index (χ1) is 13.9. The first-order valence-corrected chi connectivity index (χ1v) is 10.3. The fraction of sp³-hybridized carbons (Fsp3) is 0.348. The normalized spacial score (nSPS) is 12.2. The van der Waals surface area contributed by atoms with Crippen molar-refractivity contribution >= 4 is 28.4 Å². The van der Waals surface area contributed by atoms with Gasteiger partial charge in [0.2, 0.25) is 0 Å². The number of aryl methyl sites for hydroxylation is 1. The smallest absolute Gasteiger partial charge is 0.261 e. The third-order valence-corrected chi connectivity index (χ3v) is 5.36. The average Bonchev–Trinajstić information content (AvgIpc) is 2.72. The third-order valence-electron chi connectivity index (χ3n) is 5.13. The number of hydrogen-bond donors (Lipinski definition) is 0. The van der Waals surface area contributed by atoms with Crippen molar-refractivity contribution in [2.24, 2.45) is 0 Å². The second-order valence-electron chi connectivity index (χ2n) is 7.22. The molecule has 0 N–H and O–H groups in total. The Morgan fingerprint density at radius 3 is 2.48 bits per heavy atom. The molecule has 1 amide bonds. The summed E-state index contributed by atoms with van der Waals surface area (Å²) in [6.45, 7) is 8.90. The maximum absolute atomic E-state index is 13.2. The van der Waals surface area contributed by atoms with E-state index < -0.39 is 0 Å². The van der Waals surface area contributed by atoms with Gasteiger partial charge in [0.1, 0.15) is 5.82 Å². The van der Waals surface area contributed by atoms with E-state index in [1.807, 2.05) is 52.0 Å². The van der Waals surface area contributed by atoms with Crippen molar-refractivity contribution < 1.29 is 4.79 Å². The summed E-state index contributed by atoms with van der Waals surface area (Å²) in [5, 5.41) is 0.990. The molecule has 6 heteroatoms. The maximum Gasteiger partial charge on any atom is 0.261 e. The first-order valence-electron chi connectivity index (χ1n) is 9.95. The summed E-state index contributed by atoms with van der Waals surface area (Å²) in [7, 11) is 0. The molecular weight excluding hydrogens is 386 g/mol. The van der Waals surface area contributed by atoms with E-state index in [-0.39, 0.29) is 17.5 Å². The van der Waals surface area contributed by atoms with Crippen LogP contribution in [0.25, 0.3) is 10.9 Å². The summed E-state index contributed by atoms with van der Waals surface area (Å²) in [6, 6.07) is 12.3. The van der Waals surface area contributed by atoms with Gasteiger partial charge in [-0.1, -0.05) is 36.2 Å². The van der Waals surface area contributed by atoms with Crippen molar-refractivity contribution in [1.82, 2.24) is 14.5 Å². The van der Waals surface area contributed by atoms with Gasteiger partial charge in [0.25, 0.3) is 11.5 Å². The zero-order valence-corrected chi connectivity index (χ0v) is 18.0. The van der Waals surface area contributed by atoms with Crippen molar-refractivity contribution in [1.29, 1.82) is 0 Å². The van der Waals surface area contributed by atoms with E-state index >= 15 is 0 Å². The summed E-state index contributed by atoms with van der Waals surface area (Å²) in [5.74, 6) is 0.522. The van der Waals surface area contributed by atoms with Crippen LogP contribution in [-0.4, -0.2) is 26.9 Å². The van der Waals surface area contributed by atoms with Crippen molar-refractivity contribution in [3.63, 3.8) is 0 Å². The number of nitrogens with zero attached hydrogens (tertiary/aromatic N) is 3. The molecule has 0 aliphatic rings. The molecule has 0 saturated heterocycles. The molecule has 0 saturated carbocycles. The van der Waals surface area contributed by atoms with Gasteiger partial charge in [-0.25, -0.2) is 4.98 Å². The Morgan fingerprint density at radius 1 is 1.17 bits per heavy atom. The average molecular weight is 412 g/mol. The van der Waals surface area contributed by atoms with Crippen molar-refractivity contribution in [2.75, 3.05) is 6.54 Å². The van der Waals surface area contributed by atoms with Crippen molar-refractivity contribution in [2.45, 2.75) is 46.7 Å². The molecule has 1 atom stereocenters. The zero-order valence-electron chi connectivity index (χ0n) is 17.3. The Balaban J connectivity index is 2.10. The van der Waals surface area contributed by atoms with Gasteiger partial charge in [-0.05, 0) is 57.5 Å². The third kappa shape index (κ3) is 4.20. The summed E-state index contributed by atoms with van der Waals surface area (Å²) >= 11 is 6.07. The first kappa shape index (κ1) is 21.1. The molecule has 0 aliphatic heterocycles. The minimum atomic E-state index is -0.350. The fourth-order valence-electron chi connectivity index (χ4n) is 3.55. The molecule has 0 bridgehead atoms. The monoisotopic (exact) mass is 411 g/mol. The van der Waals surface area contributed by atoms with Crippen LogP contribution in [0.4, 0.5) is 0 Å². The van der Waals surface area contributed by atoms with Crippen LogP contribution in [0, 0.1) is 6.92 Å². The lowest BCUT2D eigenvalue weighted by Gasteiger charge is -2.30. The largest absolute Gasteiger partial charge is 0.329 e. The number of carbonyl (C=O) groups is 1. The number of carbonyl (C=O) groups excluding carboxylic acids is 1. The number of amides is 1. The molecule has 1 aromatic heterocycles. The van der Waals surface area contributed by atoms with Crippen LogP contribution in [-0.2, 0) is 6.54 Å². The summed E-state index contributed by atoms with van der Waals surface area (Å²) in [5.41, 5.74) is 2.19. The number of halogens is 1. The quantitative estimate of drug-likeness (QED) is 0.574. The Bertz CT molecular complexity index is 1090. The highest BCUT2D eigenvalue weighted by Crippen LogP contribution is 2.24. The van der Waals surface area contributed by atoms with E-state index in [0.717, 1.165) is 12.0 Å². The van der Waals surface area contributed by atoms with E-state index in [4.69, 9.17) is 16.6 Å². The summed E-state index contributed by atoms with van der Waals surface area (Å²) in [4.78, 5) is 32.8. The molecule has 1 heterocycles. The second-order valence-corrected chi connectivity index (χ2v) is 7.66. The predicted octanol–water partition coefficient (Wildman–Crippen LogP) is 4.99. The molecule has 0 aliphatic carbocycles. The lowest BCUT2D eigenvalue weighted by Crippen LogP contribution is -2.38. The number of benzene rings is 2. The van der Waals surface area contributed by atoms with Gasteiger partial charge in [-0.15, -0.1) is 0 Å². The zero-order chi connectivity index (χ0) is 21.1. The molecular formula is C23H26ClN3O2. The van der Waals surface area contributed by atoms with Gasteiger partial charge in [0.15, 0.2) is 0 Å². The maximum atomic E-state index is 13.2. The second kappa shape index (κ2) is 8.78. The van der Waals surface area contributed by atoms with Crippen LogP contribution >= 0.6 is 11.6 Å². The molecule has 0 fully saturated rings. The van der Waals surface area contributed by atoms with Gasteiger partial charge in [0, 0.05) is 23.7 Å². The molecule has 3 aromatic rings. The van der Waals surface area contributed by atoms with Crippen LogP contribution in [0.1, 0.15) is 55.0 Å². The molecule has 3 rings (SSSR count). The van der Waals surface area contributed by atoms with E-state index in [0.29, 0.717) is 40.4 Å². The predicted molar refractivity (Wildman–Crippen MR) is 118 cm³/mol. The van der Waals surface area contributed by atoms with Crippen molar-refractivity contribution in [3.05, 3.63) is 74.8 Å². The minimum Gasteiger partial charge on any atom is -0.329 e. The van der Waals surface area contributed by atoms with Crippen LogP contribution < -0.4 is 5.56 Å². The molecule has 29 heavy (non-hydrogen) atoms. The molecule has 2 aromatic carbocycles. The van der Waals surface area contributed by atoms with Crippen LogP contribution in [0.3, 0.4) is 0 Å². The summed E-state index contributed by atoms with van der Waals surface area (Å²) < 4.78 is 1.63. The van der Waals surface area contributed by atoms with Gasteiger partial charge in [0.05, 0.1) is 16.9 Å². The van der Waals surface area contributed by atoms with Crippen LogP contribution in [0.5, 0.6) is 0 Å². The highest BCUT2D eigenvalue weighted by atomic mass is 35.5. The SMILES string of the molecule is CCCN(C(=O)c1ccc(C)cc1)C(C)c1nc2ccc(Cl)cc2c(=O)n1CC. The molecule has 152 valence electrons. The Hall–Kier alpha value is -2.66. The van der Waals surface area contributed by atoms with E-state index in [9.17, 15) is 9.59 Å². The van der Waals surface area contributed by atoms with E-state index in [1.165, 1.54) is 0 Å². The van der Waals surface area contributed by atoms with Crippen LogP contribution in [0.2, 0.25) is 5.02 Å². The van der Waals surface area contributed by atoms with E-state index in [2.05, 4.69) is 0 Å². The fourth-order valence-corrected chi connectivity index (χ4v) is 3.72. The molecule has 0 spiro atoms. The highest BCUT2D eigenvalue weighted by molar-refractivity contribution is 6.31. The van der Waals surface area contributed by atoms with Crippen LogP contribution in [0.15, 0.2) is 47.3 Å². The Morgan fingerprint density at radius 2 is 1.86 bits per heavy atom. The van der Waals surface area contributed by atoms with E-state index in [1.54, 1.807) is 27.7 Å². The highest BCUT2D eigenvalue weighted by Gasteiger charge is 2.26. The van der Waals surface area contributed by atoms with Gasteiger partial charge < -0.3 is 4.90 Å².